The quantitative estimate of drug-likeness (QED) is 0.842. The summed E-state index contributed by atoms with van der Waals surface area (Å²) in [7, 11) is 0. The Balaban J connectivity index is 1.84. The molecule has 1 fully saturated rings. The fourth-order valence-electron chi connectivity index (χ4n) is 4.02. The van der Waals surface area contributed by atoms with Crippen molar-refractivity contribution < 1.29 is 5.11 Å². The molecule has 2 heterocycles. The molecular weight excluding hydrogens is 260 g/mol. The Labute approximate surface area is 126 Å². The summed E-state index contributed by atoms with van der Waals surface area (Å²) >= 11 is 0. The zero-order valence-electron chi connectivity index (χ0n) is 12.5. The summed E-state index contributed by atoms with van der Waals surface area (Å²) in [4.78, 5) is 4.97. The number of allylic oxidation sites excluding steroid dienone is 7. The number of hydrogen-bond donors (Lipinski definition) is 1. The Hall–Kier alpha value is -1.58. The molecule has 0 saturated carbocycles. The van der Waals surface area contributed by atoms with E-state index in [1.807, 2.05) is 0 Å². The van der Waals surface area contributed by atoms with Gasteiger partial charge in [0.1, 0.15) is 6.17 Å². The zero-order chi connectivity index (χ0) is 14.4. The monoisotopic (exact) mass is 282 g/mol. The number of fused-ring (bicyclic) bond motifs is 5. The van der Waals surface area contributed by atoms with Crippen LogP contribution in [0.4, 0.5) is 0 Å². The van der Waals surface area contributed by atoms with Gasteiger partial charge in [0.05, 0.1) is 6.61 Å². The maximum absolute atomic E-state index is 9.58. The fraction of sp³-hybridized carbons (Fsp3) is 0.444. The van der Waals surface area contributed by atoms with Gasteiger partial charge in [-0.3, -0.25) is 4.90 Å². The van der Waals surface area contributed by atoms with Gasteiger partial charge in [-0.1, -0.05) is 30.4 Å². The first kappa shape index (κ1) is 13.1. The first-order valence-corrected chi connectivity index (χ1v) is 7.91. The van der Waals surface area contributed by atoms with E-state index < -0.39 is 0 Å². The van der Waals surface area contributed by atoms with E-state index in [0.29, 0.717) is 6.17 Å². The van der Waals surface area contributed by atoms with Crippen molar-refractivity contribution in [2.24, 2.45) is 0 Å². The van der Waals surface area contributed by atoms with Crippen LogP contribution in [0.1, 0.15) is 19.8 Å². The van der Waals surface area contributed by atoms with E-state index in [1.165, 1.54) is 22.4 Å². The summed E-state index contributed by atoms with van der Waals surface area (Å²) in [6, 6.07) is 0.203. The lowest BCUT2D eigenvalue weighted by Crippen LogP contribution is -2.48. The topological polar surface area (TPSA) is 26.7 Å². The van der Waals surface area contributed by atoms with Crippen LogP contribution in [0.25, 0.3) is 0 Å². The average molecular weight is 282 g/mol. The molecule has 0 radical (unpaired) electrons. The summed E-state index contributed by atoms with van der Waals surface area (Å²) in [5, 5.41) is 9.58. The predicted molar refractivity (Wildman–Crippen MR) is 84.5 cm³/mol. The van der Waals surface area contributed by atoms with E-state index in [-0.39, 0.29) is 12.6 Å². The molecule has 2 atom stereocenters. The molecule has 0 aromatic carbocycles. The minimum atomic E-state index is 0.203. The molecule has 3 heteroatoms. The van der Waals surface area contributed by atoms with E-state index in [2.05, 4.69) is 53.2 Å². The molecule has 2 aliphatic heterocycles. The summed E-state index contributed by atoms with van der Waals surface area (Å²) in [6.45, 7) is 4.41. The van der Waals surface area contributed by atoms with Gasteiger partial charge in [0.15, 0.2) is 0 Å². The van der Waals surface area contributed by atoms with Crippen LogP contribution in [-0.2, 0) is 0 Å². The lowest BCUT2D eigenvalue weighted by molar-refractivity contribution is 0.104. The molecule has 0 amide bonds. The van der Waals surface area contributed by atoms with Gasteiger partial charge < -0.3 is 10.0 Å². The second-order valence-corrected chi connectivity index (χ2v) is 6.23. The van der Waals surface area contributed by atoms with Gasteiger partial charge >= 0.3 is 0 Å². The molecule has 3 nitrogen and oxygen atoms in total. The van der Waals surface area contributed by atoms with Gasteiger partial charge in [-0.2, -0.15) is 0 Å². The Morgan fingerprint density at radius 3 is 2.71 bits per heavy atom. The van der Waals surface area contributed by atoms with E-state index >= 15 is 0 Å². The Kier molecular flexibility index (Phi) is 3.12. The second-order valence-electron chi connectivity index (χ2n) is 6.23. The molecule has 4 rings (SSSR count). The SMILES string of the molecule is CC(CO)N1CCN2C3=CC=CCC3=C3CC=CC=C3C21. The van der Waals surface area contributed by atoms with Gasteiger partial charge in [-0.25, -0.2) is 0 Å². The highest BCUT2D eigenvalue weighted by molar-refractivity contribution is 5.57. The number of nitrogens with zero attached hydrogens (tertiary/aromatic N) is 2. The third-order valence-corrected chi connectivity index (χ3v) is 5.09. The molecule has 1 saturated heterocycles. The van der Waals surface area contributed by atoms with Crippen LogP contribution in [0.2, 0.25) is 0 Å². The fourth-order valence-corrected chi connectivity index (χ4v) is 4.02. The smallest absolute Gasteiger partial charge is 0.109 e. The maximum Gasteiger partial charge on any atom is 0.109 e. The van der Waals surface area contributed by atoms with E-state index in [4.69, 9.17) is 0 Å². The van der Waals surface area contributed by atoms with Crippen molar-refractivity contribution in [3.05, 3.63) is 58.9 Å². The summed E-state index contributed by atoms with van der Waals surface area (Å²) < 4.78 is 0. The Bertz CT molecular complexity index is 609. The van der Waals surface area contributed by atoms with Gasteiger partial charge in [-0.15, -0.1) is 0 Å². The van der Waals surface area contributed by atoms with Crippen LogP contribution in [0.3, 0.4) is 0 Å². The molecular formula is C18H22N2O. The minimum Gasteiger partial charge on any atom is -0.395 e. The predicted octanol–water partition coefficient (Wildman–Crippen LogP) is 2.35. The van der Waals surface area contributed by atoms with Gasteiger partial charge in [-0.05, 0) is 42.6 Å². The molecule has 2 aliphatic carbocycles. The normalized spacial score (nSPS) is 28.9. The van der Waals surface area contributed by atoms with E-state index in [9.17, 15) is 5.11 Å². The van der Waals surface area contributed by atoms with Gasteiger partial charge in [0.2, 0.25) is 0 Å². The molecule has 1 N–H and O–H groups in total. The van der Waals surface area contributed by atoms with Crippen molar-refractivity contribution in [2.45, 2.75) is 32.0 Å². The van der Waals surface area contributed by atoms with Crippen LogP contribution in [0.5, 0.6) is 0 Å². The van der Waals surface area contributed by atoms with E-state index in [0.717, 1.165) is 25.9 Å². The highest BCUT2D eigenvalue weighted by Crippen LogP contribution is 2.44. The number of aliphatic hydroxyl groups excluding tert-OH is 1. The zero-order valence-corrected chi connectivity index (χ0v) is 12.5. The molecule has 0 bridgehead atoms. The van der Waals surface area contributed by atoms with Crippen LogP contribution >= 0.6 is 0 Å². The summed E-state index contributed by atoms with van der Waals surface area (Å²) in [5.74, 6) is 0. The van der Waals surface area contributed by atoms with Gasteiger partial charge in [0.25, 0.3) is 0 Å². The largest absolute Gasteiger partial charge is 0.395 e. The molecule has 0 aromatic heterocycles. The summed E-state index contributed by atoms with van der Waals surface area (Å²) in [5.41, 5.74) is 5.85. The third kappa shape index (κ3) is 1.88. The van der Waals surface area contributed by atoms with Crippen molar-refractivity contribution in [3.63, 3.8) is 0 Å². The average Bonchev–Trinajstić information content (AvgIpc) is 3.00. The lowest BCUT2D eigenvalue weighted by Gasteiger charge is -2.44. The molecule has 0 spiro atoms. The van der Waals surface area contributed by atoms with Crippen LogP contribution in [0, 0.1) is 0 Å². The lowest BCUT2D eigenvalue weighted by atomic mass is 9.82. The number of aliphatic hydroxyl groups is 1. The van der Waals surface area contributed by atoms with E-state index in [1.54, 1.807) is 0 Å². The van der Waals surface area contributed by atoms with Crippen molar-refractivity contribution in [1.82, 2.24) is 9.80 Å². The van der Waals surface area contributed by atoms with Crippen molar-refractivity contribution >= 4 is 0 Å². The molecule has 21 heavy (non-hydrogen) atoms. The van der Waals surface area contributed by atoms with Gasteiger partial charge in [0, 0.05) is 24.8 Å². The summed E-state index contributed by atoms with van der Waals surface area (Å²) in [6.07, 6.45) is 15.8. The van der Waals surface area contributed by atoms with Crippen LogP contribution < -0.4 is 0 Å². The minimum absolute atomic E-state index is 0.203. The molecule has 0 aromatic rings. The first-order chi connectivity index (χ1) is 10.3. The highest BCUT2D eigenvalue weighted by atomic mass is 16.3. The third-order valence-electron chi connectivity index (χ3n) is 5.09. The maximum atomic E-state index is 9.58. The standard InChI is InChI=1S/C18H22N2O/c1-13(12-21)19-10-11-20-17-9-5-4-7-15(17)14-6-2-3-8-16(14)18(19)20/h2-5,8-9,13,18,21H,6-7,10-12H2,1H3. The van der Waals surface area contributed by atoms with Crippen molar-refractivity contribution in [2.75, 3.05) is 19.7 Å². The first-order valence-electron chi connectivity index (χ1n) is 7.91. The van der Waals surface area contributed by atoms with Crippen molar-refractivity contribution in [3.8, 4) is 0 Å². The number of hydrogen-bond acceptors (Lipinski definition) is 3. The molecule has 2 unspecified atom stereocenters. The van der Waals surface area contributed by atoms with Crippen molar-refractivity contribution in [1.29, 1.82) is 0 Å². The van der Waals surface area contributed by atoms with Crippen LogP contribution in [0.15, 0.2) is 58.9 Å². The second kappa shape index (κ2) is 5.00. The Morgan fingerprint density at radius 1 is 1.14 bits per heavy atom. The molecule has 110 valence electrons. The highest BCUT2D eigenvalue weighted by Gasteiger charge is 2.43. The number of rotatable bonds is 2. The van der Waals surface area contributed by atoms with Crippen LogP contribution in [-0.4, -0.2) is 46.8 Å². The Morgan fingerprint density at radius 2 is 1.90 bits per heavy atom. The molecule has 4 aliphatic rings.